The molecule has 0 N–H and O–H groups in total. The molecule has 0 aliphatic carbocycles. The molecule has 3 aromatic rings. The topological polar surface area (TPSA) is 56.5 Å². The third kappa shape index (κ3) is 4.51. The number of aromatic nitrogens is 2. The Bertz CT molecular complexity index is 1090. The van der Waals surface area contributed by atoms with Crippen LogP contribution >= 0.6 is 0 Å². The van der Waals surface area contributed by atoms with Crippen molar-refractivity contribution in [3.8, 4) is 0 Å². The summed E-state index contributed by atoms with van der Waals surface area (Å²) in [6, 6.07) is 12.4. The van der Waals surface area contributed by atoms with Gasteiger partial charge in [-0.2, -0.15) is 5.10 Å². The predicted molar refractivity (Wildman–Crippen MR) is 124 cm³/mol. The summed E-state index contributed by atoms with van der Waals surface area (Å²) in [5, 5.41) is 5.58. The first kappa shape index (κ1) is 21.5. The van der Waals surface area contributed by atoms with Crippen LogP contribution in [0.5, 0.6) is 0 Å². The number of ether oxygens (including phenoxy) is 1. The monoisotopic (exact) mass is 403 g/mol. The molecule has 0 bridgehead atoms. The van der Waals surface area contributed by atoms with Crippen molar-refractivity contribution in [3.05, 3.63) is 65.4 Å². The van der Waals surface area contributed by atoms with E-state index in [4.69, 9.17) is 4.99 Å². The first-order valence-corrected chi connectivity index (χ1v) is 10.2. The van der Waals surface area contributed by atoms with Gasteiger partial charge in [0.1, 0.15) is 5.84 Å². The largest absolute Gasteiger partial charge is 0.466 e. The second kappa shape index (κ2) is 9.08. The fourth-order valence-electron chi connectivity index (χ4n) is 3.48. The van der Waals surface area contributed by atoms with Crippen molar-refractivity contribution in [2.75, 3.05) is 7.11 Å². The number of carbonyl (C=O) groups is 1. The summed E-state index contributed by atoms with van der Waals surface area (Å²) in [5.74, 6) is 1.17. The first-order chi connectivity index (χ1) is 14.3. The minimum Gasteiger partial charge on any atom is -0.466 e. The zero-order valence-electron chi connectivity index (χ0n) is 18.5. The van der Waals surface area contributed by atoms with Gasteiger partial charge in [0, 0.05) is 11.5 Å². The van der Waals surface area contributed by atoms with Gasteiger partial charge in [0.05, 0.1) is 24.5 Å². The van der Waals surface area contributed by atoms with Gasteiger partial charge in [0.2, 0.25) is 0 Å². The van der Waals surface area contributed by atoms with Gasteiger partial charge >= 0.3 is 5.97 Å². The van der Waals surface area contributed by atoms with Crippen LogP contribution < -0.4 is 0 Å². The first-order valence-electron chi connectivity index (χ1n) is 10.2. The molecule has 30 heavy (non-hydrogen) atoms. The Morgan fingerprint density at radius 3 is 2.37 bits per heavy atom. The summed E-state index contributed by atoms with van der Waals surface area (Å²) in [5.41, 5.74) is 5.34. The van der Waals surface area contributed by atoms with Gasteiger partial charge in [-0.05, 0) is 47.6 Å². The molecule has 1 aromatic heterocycles. The summed E-state index contributed by atoms with van der Waals surface area (Å²) < 4.78 is 6.52. The molecule has 0 fully saturated rings. The lowest BCUT2D eigenvalue weighted by Gasteiger charge is -2.17. The Balaban J connectivity index is 2.09. The number of nitrogens with zero attached hydrogens (tertiary/aromatic N) is 3. The Kier molecular flexibility index (Phi) is 6.50. The lowest BCUT2D eigenvalue weighted by molar-refractivity contribution is -0.134. The van der Waals surface area contributed by atoms with Crippen LogP contribution in [0.25, 0.3) is 17.0 Å². The average Bonchev–Trinajstić information content (AvgIpc) is 3.15. The molecular weight excluding hydrogens is 374 g/mol. The maximum Gasteiger partial charge on any atom is 0.330 e. The molecule has 5 nitrogen and oxygen atoms in total. The summed E-state index contributed by atoms with van der Waals surface area (Å²) in [4.78, 5) is 16.4. The van der Waals surface area contributed by atoms with Crippen molar-refractivity contribution < 1.29 is 9.53 Å². The van der Waals surface area contributed by atoms with E-state index in [0.29, 0.717) is 11.8 Å². The van der Waals surface area contributed by atoms with E-state index in [1.54, 1.807) is 6.08 Å². The van der Waals surface area contributed by atoms with Crippen LogP contribution in [0.3, 0.4) is 0 Å². The van der Waals surface area contributed by atoms with Crippen molar-refractivity contribution in [3.63, 3.8) is 0 Å². The number of fused-ring (bicyclic) bond motifs is 1. The Morgan fingerprint density at radius 2 is 1.77 bits per heavy atom. The van der Waals surface area contributed by atoms with Crippen molar-refractivity contribution >= 4 is 34.5 Å². The van der Waals surface area contributed by atoms with Crippen molar-refractivity contribution in [2.45, 2.75) is 46.5 Å². The van der Waals surface area contributed by atoms with E-state index in [1.807, 2.05) is 36.0 Å². The molecule has 0 saturated carbocycles. The molecule has 0 aliphatic rings. The van der Waals surface area contributed by atoms with E-state index in [0.717, 1.165) is 28.0 Å². The average molecular weight is 404 g/mol. The second-order valence-electron chi connectivity index (χ2n) is 7.98. The predicted octanol–water partition coefficient (Wildman–Crippen LogP) is 6.07. The van der Waals surface area contributed by atoms with Gasteiger partial charge < -0.3 is 4.74 Å². The normalized spacial score (nSPS) is 12.5. The highest BCUT2D eigenvalue weighted by Gasteiger charge is 2.14. The number of para-hydroxylation sites is 1. The van der Waals surface area contributed by atoms with Gasteiger partial charge in [-0.3, -0.25) is 0 Å². The van der Waals surface area contributed by atoms with Crippen LogP contribution in [0.15, 0.2) is 53.7 Å². The van der Waals surface area contributed by atoms with Crippen LogP contribution in [0.2, 0.25) is 0 Å². The summed E-state index contributed by atoms with van der Waals surface area (Å²) >= 11 is 0. The van der Waals surface area contributed by atoms with Crippen LogP contribution in [-0.2, 0) is 9.53 Å². The van der Waals surface area contributed by atoms with E-state index in [2.05, 4.69) is 55.7 Å². The number of aliphatic imine (C=N–C) groups is 1. The van der Waals surface area contributed by atoms with E-state index in [-0.39, 0.29) is 5.97 Å². The Labute approximate surface area is 178 Å². The summed E-state index contributed by atoms with van der Waals surface area (Å²) in [6.45, 7) is 10.7. The molecule has 3 rings (SSSR count). The lowest BCUT2D eigenvalue weighted by atomic mass is 9.93. The number of hydrogen-bond acceptors (Lipinski definition) is 4. The molecule has 5 heteroatoms. The molecule has 0 amide bonds. The van der Waals surface area contributed by atoms with Gasteiger partial charge in [-0.25, -0.2) is 14.5 Å². The maximum absolute atomic E-state index is 11.4. The molecule has 0 spiro atoms. The van der Waals surface area contributed by atoms with Gasteiger partial charge in [0.25, 0.3) is 0 Å². The highest BCUT2D eigenvalue weighted by molar-refractivity contribution is 5.95. The highest BCUT2D eigenvalue weighted by Crippen LogP contribution is 2.35. The van der Waals surface area contributed by atoms with E-state index < -0.39 is 0 Å². The number of methoxy groups -OCH3 is 1. The summed E-state index contributed by atoms with van der Waals surface area (Å²) in [7, 11) is 1.37. The van der Waals surface area contributed by atoms with Gasteiger partial charge in [-0.15, -0.1) is 0 Å². The molecule has 0 saturated heterocycles. The fourth-order valence-corrected chi connectivity index (χ4v) is 3.48. The zero-order valence-corrected chi connectivity index (χ0v) is 18.5. The van der Waals surface area contributed by atoms with Crippen LogP contribution in [-0.4, -0.2) is 28.7 Å². The number of rotatable bonds is 5. The van der Waals surface area contributed by atoms with Crippen molar-refractivity contribution in [2.24, 2.45) is 4.99 Å². The Hall–Kier alpha value is -3.21. The molecule has 0 radical (unpaired) electrons. The van der Waals surface area contributed by atoms with Crippen molar-refractivity contribution in [1.82, 2.24) is 9.78 Å². The molecule has 1 heterocycles. The molecular formula is C25H29N3O2. The third-order valence-corrected chi connectivity index (χ3v) is 5.13. The van der Waals surface area contributed by atoms with Crippen LogP contribution in [0.1, 0.15) is 63.1 Å². The molecule has 156 valence electrons. The lowest BCUT2D eigenvalue weighted by Crippen LogP contribution is -2.09. The van der Waals surface area contributed by atoms with Crippen molar-refractivity contribution in [1.29, 1.82) is 0 Å². The zero-order chi connectivity index (χ0) is 21.8. The molecule has 0 aliphatic heterocycles. The molecule has 0 atom stereocenters. The number of carbonyl (C=O) groups excluding carboxylic acids is 1. The number of hydrogen-bond donors (Lipinski definition) is 0. The van der Waals surface area contributed by atoms with E-state index in [1.165, 1.54) is 24.3 Å². The molecule has 2 aromatic carbocycles. The van der Waals surface area contributed by atoms with Gasteiger partial charge in [-0.1, -0.05) is 58.0 Å². The minimum atomic E-state index is -0.382. The van der Waals surface area contributed by atoms with Crippen LogP contribution in [0.4, 0.5) is 5.69 Å². The minimum absolute atomic E-state index is 0.375. The maximum atomic E-state index is 11.4. The number of benzene rings is 2. The fraction of sp³-hybridized carbons (Fsp3) is 0.320. The SMILES string of the molecule is COC(=O)/C=C/c1ccc2cnn(C(C)=Nc3c(C(C)C)cccc3C(C)C)c2c1. The van der Waals surface area contributed by atoms with Crippen LogP contribution in [0, 0.1) is 0 Å². The highest BCUT2D eigenvalue weighted by atomic mass is 16.5. The van der Waals surface area contributed by atoms with Gasteiger partial charge in [0.15, 0.2) is 0 Å². The quantitative estimate of drug-likeness (QED) is 0.225. The smallest absolute Gasteiger partial charge is 0.330 e. The third-order valence-electron chi connectivity index (χ3n) is 5.13. The number of esters is 1. The second-order valence-corrected chi connectivity index (χ2v) is 7.98. The van der Waals surface area contributed by atoms with E-state index >= 15 is 0 Å². The molecule has 0 unspecified atom stereocenters. The summed E-state index contributed by atoms with van der Waals surface area (Å²) in [6.07, 6.45) is 4.98. The Morgan fingerprint density at radius 1 is 1.10 bits per heavy atom. The van der Waals surface area contributed by atoms with E-state index in [9.17, 15) is 4.79 Å². The standard InChI is InChI=1S/C25H29N3O2/c1-16(2)21-8-7-9-22(17(3)4)25(21)27-18(5)28-23-14-19(11-13-24(29)30-6)10-12-20(23)15-26-28/h7-17H,1-6H3/b13-11+,27-18?.